The Labute approximate surface area is 163 Å². The van der Waals surface area contributed by atoms with Gasteiger partial charge in [0, 0.05) is 24.7 Å². The summed E-state index contributed by atoms with van der Waals surface area (Å²) in [6.45, 7) is 1.94. The Hall–Kier alpha value is -3.31. The quantitative estimate of drug-likeness (QED) is 0.694. The van der Waals surface area contributed by atoms with Gasteiger partial charge in [-0.05, 0) is 31.5 Å². The highest BCUT2D eigenvalue weighted by atomic mass is 16.5. The predicted molar refractivity (Wildman–Crippen MR) is 106 cm³/mol. The van der Waals surface area contributed by atoms with Crippen molar-refractivity contribution < 1.29 is 9.47 Å². The van der Waals surface area contributed by atoms with E-state index >= 15 is 0 Å². The van der Waals surface area contributed by atoms with Crippen molar-refractivity contribution in [1.29, 1.82) is 0 Å². The number of likely N-dealkylation sites (tertiary alicyclic amines) is 1. The molecule has 1 unspecified atom stereocenters. The molecule has 3 aromatic rings. The first-order valence-electron chi connectivity index (χ1n) is 9.01. The number of hydrogen-bond acceptors (Lipinski definition) is 7. The van der Waals surface area contributed by atoms with Crippen LogP contribution < -0.4 is 15.2 Å². The summed E-state index contributed by atoms with van der Waals surface area (Å²) in [6.07, 6.45) is 2.48. The summed E-state index contributed by atoms with van der Waals surface area (Å²) in [5.41, 5.74) is 8.19. The molecule has 0 bridgehead atoms. The highest BCUT2D eigenvalue weighted by Crippen LogP contribution is 2.28. The third-order valence-corrected chi connectivity index (χ3v) is 4.91. The van der Waals surface area contributed by atoms with Crippen molar-refractivity contribution in [2.45, 2.75) is 12.5 Å². The molecule has 1 aliphatic heterocycles. The number of rotatable bonds is 3. The fourth-order valence-corrected chi connectivity index (χ4v) is 3.46. The Morgan fingerprint density at radius 3 is 2.50 bits per heavy atom. The molecule has 144 valence electrons. The number of likely N-dealkylation sites (N-methyl/N-ethyl adjacent to an activating group) is 1. The van der Waals surface area contributed by atoms with Gasteiger partial charge in [-0.25, -0.2) is 14.6 Å². The van der Waals surface area contributed by atoms with Gasteiger partial charge in [0.2, 0.25) is 0 Å². The van der Waals surface area contributed by atoms with E-state index in [1.54, 1.807) is 20.3 Å². The molecule has 0 aliphatic carbocycles. The van der Waals surface area contributed by atoms with Crippen molar-refractivity contribution in [3.8, 4) is 23.3 Å². The average molecular weight is 378 g/mol. The average Bonchev–Trinajstić information content (AvgIpc) is 3.30. The van der Waals surface area contributed by atoms with Gasteiger partial charge in [-0.15, -0.1) is 0 Å². The lowest BCUT2D eigenvalue weighted by Gasteiger charge is -2.11. The minimum atomic E-state index is 0.245. The lowest BCUT2D eigenvalue weighted by Crippen LogP contribution is -2.17. The number of methoxy groups -OCH3 is 2. The van der Waals surface area contributed by atoms with Crippen molar-refractivity contribution in [3.05, 3.63) is 35.8 Å². The lowest BCUT2D eigenvalue weighted by molar-refractivity contribution is 0.385. The molecule has 8 nitrogen and oxygen atoms in total. The highest BCUT2D eigenvalue weighted by molar-refractivity contribution is 5.90. The summed E-state index contributed by atoms with van der Waals surface area (Å²) in [5, 5.41) is 5.43. The molecule has 2 N–H and O–H groups in total. The van der Waals surface area contributed by atoms with Crippen LogP contribution in [0, 0.1) is 11.8 Å². The number of aromatic nitrogens is 4. The summed E-state index contributed by atoms with van der Waals surface area (Å²) in [4.78, 5) is 10.8. The SMILES string of the molecule is COc1cc(C#Cc2nn(C3CCN(C)C3)c3ncnc(N)c23)cc(OC)c1. The van der Waals surface area contributed by atoms with Gasteiger partial charge in [0.15, 0.2) is 5.65 Å². The summed E-state index contributed by atoms with van der Waals surface area (Å²) in [7, 11) is 5.32. The van der Waals surface area contributed by atoms with Crippen LogP contribution in [0.1, 0.15) is 23.7 Å². The molecule has 0 spiro atoms. The van der Waals surface area contributed by atoms with Gasteiger partial charge >= 0.3 is 0 Å². The maximum Gasteiger partial charge on any atom is 0.164 e. The maximum absolute atomic E-state index is 6.13. The molecule has 28 heavy (non-hydrogen) atoms. The van der Waals surface area contributed by atoms with Crippen LogP contribution in [-0.4, -0.2) is 59.0 Å². The van der Waals surface area contributed by atoms with Gasteiger partial charge in [-0.3, -0.25) is 0 Å². The molecule has 8 heteroatoms. The number of benzene rings is 1. The Kier molecular flexibility index (Phi) is 4.75. The van der Waals surface area contributed by atoms with E-state index < -0.39 is 0 Å². The van der Waals surface area contributed by atoms with Gasteiger partial charge in [0.1, 0.15) is 29.3 Å². The number of ether oxygens (including phenoxy) is 2. The van der Waals surface area contributed by atoms with Gasteiger partial charge in [-0.1, -0.05) is 5.92 Å². The van der Waals surface area contributed by atoms with Gasteiger partial charge < -0.3 is 20.1 Å². The number of nitrogens with two attached hydrogens (primary N) is 1. The Bertz CT molecular complexity index is 1060. The predicted octanol–water partition coefficient (Wildman–Crippen LogP) is 1.70. The molecule has 0 radical (unpaired) electrons. The summed E-state index contributed by atoms with van der Waals surface area (Å²) < 4.78 is 12.6. The van der Waals surface area contributed by atoms with Crippen molar-refractivity contribution in [1.82, 2.24) is 24.6 Å². The fraction of sp³-hybridized carbons (Fsp3) is 0.350. The van der Waals surface area contributed by atoms with E-state index in [1.165, 1.54) is 6.33 Å². The molecule has 1 fully saturated rings. The van der Waals surface area contributed by atoms with E-state index in [-0.39, 0.29) is 6.04 Å². The smallest absolute Gasteiger partial charge is 0.164 e. The van der Waals surface area contributed by atoms with Crippen LogP contribution >= 0.6 is 0 Å². The first kappa shape index (κ1) is 18.1. The molecule has 0 saturated carbocycles. The Morgan fingerprint density at radius 1 is 1.11 bits per heavy atom. The van der Waals surface area contributed by atoms with Gasteiger partial charge in [-0.2, -0.15) is 5.10 Å². The summed E-state index contributed by atoms with van der Waals surface area (Å²) in [6, 6.07) is 5.74. The second-order valence-electron chi connectivity index (χ2n) is 6.81. The fourth-order valence-electron chi connectivity index (χ4n) is 3.46. The van der Waals surface area contributed by atoms with Crippen LogP contribution in [0.3, 0.4) is 0 Å². The zero-order valence-corrected chi connectivity index (χ0v) is 16.1. The third kappa shape index (κ3) is 3.32. The van der Waals surface area contributed by atoms with E-state index in [9.17, 15) is 0 Å². The van der Waals surface area contributed by atoms with Gasteiger partial charge in [0.05, 0.1) is 25.6 Å². The van der Waals surface area contributed by atoms with E-state index in [2.05, 4.69) is 33.8 Å². The number of fused-ring (bicyclic) bond motifs is 1. The first-order chi connectivity index (χ1) is 13.6. The van der Waals surface area contributed by atoms with E-state index in [1.807, 2.05) is 16.8 Å². The van der Waals surface area contributed by atoms with Crippen LogP contribution in [0.15, 0.2) is 24.5 Å². The molecule has 1 aromatic carbocycles. The van der Waals surface area contributed by atoms with Gasteiger partial charge in [0.25, 0.3) is 0 Å². The van der Waals surface area contributed by atoms with Crippen LogP contribution in [0.5, 0.6) is 11.5 Å². The number of anilines is 1. The second kappa shape index (κ2) is 7.37. The molecular weight excluding hydrogens is 356 g/mol. The van der Waals surface area contributed by atoms with Crippen molar-refractivity contribution in [2.75, 3.05) is 40.1 Å². The second-order valence-corrected chi connectivity index (χ2v) is 6.81. The number of nitrogens with zero attached hydrogens (tertiary/aromatic N) is 5. The summed E-state index contributed by atoms with van der Waals surface area (Å²) >= 11 is 0. The molecule has 1 atom stereocenters. The molecule has 3 heterocycles. The molecule has 1 aliphatic rings. The van der Waals surface area contributed by atoms with Crippen LogP contribution in [0.2, 0.25) is 0 Å². The summed E-state index contributed by atoms with van der Waals surface area (Å²) in [5.74, 6) is 8.01. The normalized spacial score (nSPS) is 16.8. The number of hydrogen-bond donors (Lipinski definition) is 1. The minimum Gasteiger partial charge on any atom is -0.497 e. The van der Waals surface area contributed by atoms with E-state index in [0.717, 1.165) is 30.7 Å². The monoisotopic (exact) mass is 378 g/mol. The largest absolute Gasteiger partial charge is 0.497 e. The standard InChI is InChI=1S/C20H22N6O2/c1-25-7-6-14(11-25)26-20-18(19(21)22-12-23-20)17(24-26)5-4-13-8-15(27-2)10-16(9-13)28-3/h8-10,12,14H,6-7,11H2,1-3H3,(H2,21,22,23). The van der Waals surface area contributed by atoms with Crippen LogP contribution in [0.4, 0.5) is 5.82 Å². The topological polar surface area (TPSA) is 91.3 Å². The Balaban J connectivity index is 1.79. The van der Waals surface area contributed by atoms with E-state index in [0.29, 0.717) is 28.4 Å². The maximum atomic E-state index is 6.13. The molecule has 0 amide bonds. The molecule has 2 aromatic heterocycles. The molecular formula is C20H22N6O2. The van der Waals surface area contributed by atoms with Crippen LogP contribution in [-0.2, 0) is 0 Å². The molecule has 4 rings (SSSR count). The first-order valence-corrected chi connectivity index (χ1v) is 9.01. The van der Waals surface area contributed by atoms with Crippen LogP contribution in [0.25, 0.3) is 11.0 Å². The minimum absolute atomic E-state index is 0.245. The zero-order valence-electron chi connectivity index (χ0n) is 16.1. The van der Waals surface area contributed by atoms with Crippen molar-refractivity contribution in [3.63, 3.8) is 0 Å². The van der Waals surface area contributed by atoms with Crippen molar-refractivity contribution >= 4 is 16.9 Å². The number of nitrogen functional groups attached to an aromatic ring is 1. The highest BCUT2D eigenvalue weighted by Gasteiger charge is 2.25. The Morgan fingerprint density at radius 2 is 1.86 bits per heavy atom. The lowest BCUT2D eigenvalue weighted by atomic mass is 10.2. The third-order valence-electron chi connectivity index (χ3n) is 4.91. The zero-order chi connectivity index (χ0) is 19.7. The van der Waals surface area contributed by atoms with Crippen molar-refractivity contribution in [2.24, 2.45) is 0 Å². The van der Waals surface area contributed by atoms with E-state index in [4.69, 9.17) is 20.3 Å². The molecule has 1 saturated heterocycles.